The first-order valence-electron chi connectivity index (χ1n) is 4.20. The Morgan fingerprint density at radius 1 is 1.50 bits per heavy atom. The number of phenols is 1. The quantitative estimate of drug-likeness (QED) is 0.777. The number of hydrogen-bond donors (Lipinski definition) is 2. The lowest BCUT2D eigenvalue weighted by Crippen LogP contribution is -2.07. The van der Waals surface area contributed by atoms with Crippen molar-refractivity contribution < 1.29 is 19.4 Å². The standard InChI is InChI=1S/C10H11FO3/c11-6-8(5-10(13)14)7-2-1-3-9(12)4-7/h1-4,8,12H,5-6H2,(H,13,14). The van der Waals surface area contributed by atoms with Crippen molar-refractivity contribution >= 4 is 5.97 Å². The second-order valence-corrected chi connectivity index (χ2v) is 3.04. The lowest BCUT2D eigenvalue weighted by molar-refractivity contribution is -0.137. The number of alkyl halides is 1. The number of hydrogen-bond acceptors (Lipinski definition) is 2. The molecule has 3 nitrogen and oxygen atoms in total. The molecule has 1 aromatic rings. The predicted octanol–water partition coefficient (Wildman–Crippen LogP) is 1.92. The molecule has 0 aliphatic heterocycles. The van der Waals surface area contributed by atoms with E-state index in [2.05, 4.69) is 0 Å². The Bertz CT molecular complexity index is 325. The van der Waals surface area contributed by atoms with Gasteiger partial charge in [-0.15, -0.1) is 0 Å². The summed E-state index contributed by atoms with van der Waals surface area (Å²) >= 11 is 0. The number of benzene rings is 1. The number of aromatic hydroxyl groups is 1. The Hall–Kier alpha value is -1.58. The molecule has 0 aliphatic carbocycles. The maximum Gasteiger partial charge on any atom is 0.304 e. The van der Waals surface area contributed by atoms with Gasteiger partial charge in [-0.05, 0) is 17.7 Å². The highest BCUT2D eigenvalue weighted by Gasteiger charge is 2.15. The van der Waals surface area contributed by atoms with E-state index in [1.165, 1.54) is 12.1 Å². The van der Waals surface area contributed by atoms with Crippen LogP contribution in [-0.2, 0) is 4.79 Å². The molecule has 0 aliphatic rings. The molecule has 0 fully saturated rings. The van der Waals surface area contributed by atoms with Crippen molar-refractivity contribution in [1.82, 2.24) is 0 Å². The average Bonchev–Trinajstić information content (AvgIpc) is 2.14. The van der Waals surface area contributed by atoms with Crippen LogP contribution in [0, 0.1) is 0 Å². The van der Waals surface area contributed by atoms with Crippen molar-refractivity contribution in [3.8, 4) is 5.75 Å². The maximum absolute atomic E-state index is 12.5. The second-order valence-electron chi connectivity index (χ2n) is 3.04. The summed E-state index contributed by atoms with van der Waals surface area (Å²) in [6.07, 6.45) is -0.264. The Balaban J connectivity index is 2.83. The third-order valence-electron chi connectivity index (χ3n) is 1.95. The monoisotopic (exact) mass is 198 g/mol. The van der Waals surface area contributed by atoms with E-state index in [-0.39, 0.29) is 12.2 Å². The van der Waals surface area contributed by atoms with Gasteiger partial charge < -0.3 is 10.2 Å². The summed E-state index contributed by atoms with van der Waals surface area (Å²) in [7, 11) is 0. The molecule has 76 valence electrons. The molecule has 0 aromatic heterocycles. The molecule has 1 unspecified atom stereocenters. The highest BCUT2D eigenvalue weighted by molar-refractivity contribution is 5.68. The van der Waals surface area contributed by atoms with Gasteiger partial charge in [0, 0.05) is 5.92 Å². The predicted molar refractivity (Wildman–Crippen MR) is 49.1 cm³/mol. The van der Waals surface area contributed by atoms with Crippen molar-refractivity contribution in [2.75, 3.05) is 6.67 Å². The van der Waals surface area contributed by atoms with Gasteiger partial charge in [-0.2, -0.15) is 0 Å². The van der Waals surface area contributed by atoms with E-state index in [0.717, 1.165) is 0 Å². The van der Waals surface area contributed by atoms with Gasteiger partial charge in [0.25, 0.3) is 0 Å². The van der Waals surface area contributed by atoms with Gasteiger partial charge in [0.05, 0.1) is 13.1 Å². The van der Waals surface area contributed by atoms with Crippen molar-refractivity contribution in [2.45, 2.75) is 12.3 Å². The van der Waals surface area contributed by atoms with Crippen LogP contribution in [0.2, 0.25) is 0 Å². The number of carbonyl (C=O) groups is 1. The largest absolute Gasteiger partial charge is 0.508 e. The van der Waals surface area contributed by atoms with E-state index in [4.69, 9.17) is 10.2 Å². The van der Waals surface area contributed by atoms with Gasteiger partial charge in [0.15, 0.2) is 0 Å². The van der Waals surface area contributed by atoms with E-state index in [1.54, 1.807) is 12.1 Å². The highest BCUT2D eigenvalue weighted by atomic mass is 19.1. The minimum atomic E-state index is -1.05. The summed E-state index contributed by atoms with van der Waals surface area (Å²) in [6.45, 7) is -0.740. The number of rotatable bonds is 4. The molecule has 1 rings (SSSR count). The van der Waals surface area contributed by atoms with Crippen LogP contribution in [0.25, 0.3) is 0 Å². The van der Waals surface area contributed by atoms with Crippen LogP contribution in [0.5, 0.6) is 5.75 Å². The molecule has 4 heteroatoms. The fourth-order valence-corrected chi connectivity index (χ4v) is 1.25. The first kappa shape index (κ1) is 10.5. The van der Waals surface area contributed by atoms with Crippen molar-refractivity contribution in [3.63, 3.8) is 0 Å². The minimum absolute atomic E-state index is 0.0198. The summed E-state index contributed by atoms with van der Waals surface area (Å²) in [4.78, 5) is 10.4. The Labute approximate surface area is 80.8 Å². The van der Waals surface area contributed by atoms with Gasteiger partial charge >= 0.3 is 5.97 Å². The Morgan fingerprint density at radius 3 is 2.71 bits per heavy atom. The molecule has 0 heterocycles. The zero-order valence-electron chi connectivity index (χ0n) is 7.48. The molecule has 14 heavy (non-hydrogen) atoms. The van der Waals surface area contributed by atoms with Crippen LogP contribution in [0.15, 0.2) is 24.3 Å². The van der Waals surface area contributed by atoms with Crippen molar-refractivity contribution in [2.24, 2.45) is 0 Å². The molecule has 1 aromatic carbocycles. The smallest absolute Gasteiger partial charge is 0.304 e. The van der Waals surface area contributed by atoms with Crippen LogP contribution >= 0.6 is 0 Å². The van der Waals surface area contributed by atoms with E-state index < -0.39 is 18.6 Å². The Morgan fingerprint density at radius 2 is 2.21 bits per heavy atom. The number of aliphatic carboxylic acids is 1. The van der Waals surface area contributed by atoms with E-state index in [1.807, 2.05) is 0 Å². The topological polar surface area (TPSA) is 57.5 Å². The van der Waals surface area contributed by atoms with Gasteiger partial charge in [-0.3, -0.25) is 9.18 Å². The molecule has 0 radical (unpaired) electrons. The summed E-state index contributed by atoms with van der Waals surface area (Å²) < 4.78 is 12.5. The van der Waals surface area contributed by atoms with Gasteiger partial charge in [-0.1, -0.05) is 12.1 Å². The zero-order chi connectivity index (χ0) is 10.6. The molecule has 2 N–H and O–H groups in total. The van der Waals surface area contributed by atoms with Crippen LogP contribution in [0.4, 0.5) is 4.39 Å². The second kappa shape index (κ2) is 4.60. The van der Waals surface area contributed by atoms with Crippen molar-refractivity contribution in [1.29, 1.82) is 0 Å². The van der Waals surface area contributed by atoms with Gasteiger partial charge in [0.2, 0.25) is 0 Å². The maximum atomic E-state index is 12.5. The SMILES string of the molecule is O=C(O)CC(CF)c1cccc(O)c1. The fraction of sp³-hybridized carbons (Fsp3) is 0.300. The fourth-order valence-electron chi connectivity index (χ4n) is 1.25. The molecule has 0 amide bonds. The van der Waals surface area contributed by atoms with E-state index in [9.17, 15) is 9.18 Å². The summed E-state index contributed by atoms with van der Waals surface area (Å²) in [5.74, 6) is -1.71. The zero-order valence-corrected chi connectivity index (χ0v) is 7.48. The normalized spacial score (nSPS) is 12.4. The van der Waals surface area contributed by atoms with Crippen LogP contribution in [0.3, 0.4) is 0 Å². The number of carboxylic acid groups (broad SMARTS) is 1. The lowest BCUT2D eigenvalue weighted by Gasteiger charge is -2.10. The van der Waals surface area contributed by atoms with Gasteiger partial charge in [-0.25, -0.2) is 0 Å². The van der Waals surface area contributed by atoms with Crippen LogP contribution < -0.4 is 0 Å². The molecular formula is C10H11FO3. The molecular weight excluding hydrogens is 187 g/mol. The highest BCUT2D eigenvalue weighted by Crippen LogP contribution is 2.23. The molecule has 0 bridgehead atoms. The van der Waals surface area contributed by atoms with Crippen molar-refractivity contribution in [3.05, 3.63) is 29.8 Å². The third-order valence-corrected chi connectivity index (χ3v) is 1.95. The summed E-state index contributed by atoms with van der Waals surface area (Å²) in [5, 5.41) is 17.6. The third kappa shape index (κ3) is 2.73. The number of halogens is 1. The molecule has 1 atom stereocenters. The molecule has 0 saturated heterocycles. The first-order valence-corrected chi connectivity index (χ1v) is 4.20. The molecule has 0 saturated carbocycles. The van der Waals surface area contributed by atoms with Crippen LogP contribution in [-0.4, -0.2) is 22.9 Å². The number of phenolic OH excluding ortho intramolecular Hbond substituents is 1. The lowest BCUT2D eigenvalue weighted by atomic mass is 9.97. The number of carboxylic acids is 1. The summed E-state index contributed by atoms with van der Waals surface area (Å²) in [5.41, 5.74) is 0.509. The Kier molecular flexibility index (Phi) is 3.45. The van der Waals surface area contributed by atoms with Gasteiger partial charge in [0.1, 0.15) is 5.75 Å². The summed E-state index contributed by atoms with van der Waals surface area (Å²) in [6, 6.07) is 6.01. The van der Waals surface area contributed by atoms with E-state index in [0.29, 0.717) is 5.56 Å². The van der Waals surface area contributed by atoms with E-state index >= 15 is 0 Å². The van der Waals surface area contributed by atoms with Crippen LogP contribution in [0.1, 0.15) is 17.9 Å². The molecule has 0 spiro atoms. The minimum Gasteiger partial charge on any atom is -0.508 e. The average molecular weight is 198 g/mol. The first-order chi connectivity index (χ1) is 6.63.